The highest BCUT2D eigenvalue weighted by Crippen LogP contribution is 2.60. The van der Waals surface area contributed by atoms with Crippen molar-refractivity contribution in [2.24, 2.45) is 28.2 Å². The second-order valence-electron chi connectivity index (χ2n) is 45.5. The molecule has 0 aliphatic heterocycles. The minimum absolute atomic E-state index is 0.0444. The topological polar surface area (TPSA) is 86.8 Å². The third-order valence-electron chi connectivity index (χ3n) is 33.5. The van der Waals surface area contributed by atoms with E-state index in [2.05, 4.69) is 469 Å². The average Bonchev–Trinajstić information content (AvgIpc) is 1.54. The minimum atomic E-state index is -2.24. The van der Waals surface area contributed by atoms with Gasteiger partial charge in [-0.25, -0.2) is 18.3 Å². The molecule has 8 aromatic heterocycles. The predicted molar refractivity (Wildman–Crippen MR) is 612 cm³/mol. The summed E-state index contributed by atoms with van der Waals surface area (Å²) >= 11 is 0. The Bertz CT molecular complexity index is 8800. The van der Waals surface area contributed by atoms with Crippen LogP contribution in [0.3, 0.4) is 0 Å². The number of imidazole rings is 4. The van der Waals surface area contributed by atoms with Crippen LogP contribution in [0.15, 0.2) is 304 Å². The second-order valence-corrected chi connectivity index (χ2v) is 45.5. The lowest BCUT2D eigenvalue weighted by molar-refractivity contribution is -0.634. The third-order valence-corrected chi connectivity index (χ3v) is 33.5. The maximum atomic E-state index is 8.54. The van der Waals surface area contributed by atoms with Gasteiger partial charge in [-0.15, -0.1) is 0 Å². The van der Waals surface area contributed by atoms with E-state index in [9.17, 15) is 0 Å². The number of benzene rings is 12. The molecule has 1 fully saturated rings. The number of hydrogen-bond acceptors (Lipinski definition) is 4. The number of aromatic nitrogens is 12. The van der Waals surface area contributed by atoms with E-state index >= 15 is 0 Å². The van der Waals surface area contributed by atoms with Gasteiger partial charge < -0.3 is 0 Å². The van der Waals surface area contributed by atoms with E-state index in [4.69, 9.17) is 19.1 Å². The van der Waals surface area contributed by atoms with E-state index in [1.165, 1.54) is 227 Å². The molecule has 1 saturated carbocycles. The fourth-order valence-corrected chi connectivity index (χ4v) is 26.2. The van der Waals surface area contributed by atoms with Crippen LogP contribution in [0, 0.1) is 27.7 Å². The van der Waals surface area contributed by atoms with E-state index in [1.807, 2.05) is 43.7 Å². The van der Waals surface area contributed by atoms with E-state index in [0.29, 0.717) is 41.2 Å². The summed E-state index contributed by atoms with van der Waals surface area (Å²) in [5, 5.41) is 0. The van der Waals surface area contributed by atoms with Crippen LogP contribution in [0.5, 0.6) is 0 Å². The number of nitrogens with zero attached hydrogens (tertiary/aromatic N) is 12. The van der Waals surface area contributed by atoms with Gasteiger partial charge in [-0.3, -0.25) is 19.9 Å². The summed E-state index contributed by atoms with van der Waals surface area (Å²) < 4.78 is 45.0. The molecule has 148 heavy (non-hydrogen) atoms. The van der Waals surface area contributed by atoms with Crippen LogP contribution < -0.4 is 18.3 Å². The quantitative estimate of drug-likeness (QED) is 0.102. The van der Waals surface area contributed by atoms with Gasteiger partial charge in [-0.1, -0.05) is 313 Å². The van der Waals surface area contributed by atoms with Crippen LogP contribution in [0.2, 0.25) is 0 Å². The van der Waals surface area contributed by atoms with E-state index in [-0.39, 0.29) is 16.2 Å². The molecule has 0 bridgehead atoms. The first-order chi connectivity index (χ1) is 72.3. The lowest BCUT2D eigenvalue weighted by atomic mass is 9.78. The van der Waals surface area contributed by atoms with Gasteiger partial charge in [0.2, 0.25) is 0 Å². The minimum Gasteiger partial charge on any atom is -0.260 e. The highest BCUT2D eigenvalue weighted by molar-refractivity contribution is 5.93. The summed E-state index contributed by atoms with van der Waals surface area (Å²) in [5.41, 5.74) is 50.4. The Hall–Kier alpha value is -14.9. The van der Waals surface area contributed by atoms with Gasteiger partial charge in [0.25, 0.3) is 23.3 Å². The number of para-hydroxylation sites is 12. The van der Waals surface area contributed by atoms with Crippen molar-refractivity contribution in [2.75, 3.05) is 0 Å². The van der Waals surface area contributed by atoms with Crippen LogP contribution >= 0.6 is 0 Å². The fraction of sp³-hybridized carbons (Fsp3) is 0.294. The molecule has 5 aliphatic rings. The van der Waals surface area contributed by atoms with Crippen molar-refractivity contribution < 1.29 is 22.4 Å². The van der Waals surface area contributed by atoms with E-state index < -0.39 is 12.3 Å². The van der Waals surface area contributed by atoms with Crippen molar-refractivity contribution in [1.82, 2.24) is 38.2 Å². The Morgan fingerprint density at radius 1 is 0.270 bits per heavy atom. The largest absolute Gasteiger partial charge is 0.295 e. The molecule has 0 amide bonds. The van der Waals surface area contributed by atoms with Crippen LogP contribution in [0.4, 0.5) is 0 Å². The first-order valence-corrected chi connectivity index (χ1v) is 53.7. The van der Waals surface area contributed by atoms with Crippen LogP contribution in [0.25, 0.3) is 157 Å². The zero-order chi connectivity index (χ0) is 106. The highest BCUT2D eigenvalue weighted by Gasteiger charge is 2.50. The number of rotatable bonds is 14. The Morgan fingerprint density at radius 2 is 0.588 bits per heavy atom. The van der Waals surface area contributed by atoms with Gasteiger partial charge in [0.15, 0.2) is 44.1 Å². The number of hydrogen-bond donors (Lipinski definition) is 0. The Morgan fingerprint density at radius 3 is 0.993 bits per heavy atom. The van der Waals surface area contributed by atoms with Crippen molar-refractivity contribution in [3.05, 3.63) is 405 Å². The summed E-state index contributed by atoms with van der Waals surface area (Å²) in [7, 11) is 8.78. The maximum Gasteiger partial charge on any atom is 0.295 e. The van der Waals surface area contributed by atoms with Crippen LogP contribution in [0.1, 0.15) is 291 Å². The molecule has 0 N–H and O–H groups in total. The standard InChI is InChI=1S/C37H40N3.2C35H38N3.C29H26N3/c1-23(2)26-13-11-14-27(24(3)4)34(26)40-33-17-8-7-16-32(33)39(6)36(40)29-22-31-30(21-25(29)5)28-15-12-20-38-35(28)37(31)18-9-10-19-37;1-21(2)24-13-11-14-25(22(3)4)32(24)38-31-17-10-9-16-30(31)37(8)34(38)27-20-28-26-15-12-18-36-33(26)35(6,7)29(28)19-23(27)5;1-21(2)24-13-11-14-25(22(3)4)32(24)38-31-17-10-9-16-30(31)37(8)34(38)27-20-29-28(19-23(27)5)26-15-12-18-36-33(26)35(29,6)7;1-19-16-17-21-22-13-10-18-30-27(22)29(2,3)26(21)25(19)28-31(4)23-14-8-9-15-24(23)32(28)20-11-6-5-7-12-20/h7-8,11-17,20-24H,9-10,18-19H2,1-6H3;2*9-22H,1-8H3;5-18H,1-4H3/q4*+1/i;6D3;;. The zero-order valence-corrected chi connectivity index (χ0v) is 91.0. The van der Waals surface area contributed by atoms with Gasteiger partial charge >= 0.3 is 0 Å². The Balaban J connectivity index is 0.000000114. The second kappa shape index (κ2) is 37.2. The van der Waals surface area contributed by atoms with Crippen molar-refractivity contribution in [3.8, 4) is 113 Å². The van der Waals surface area contributed by atoms with Crippen molar-refractivity contribution in [3.63, 3.8) is 0 Å². The lowest BCUT2D eigenvalue weighted by Crippen LogP contribution is -2.32. The van der Waals surface area contributed by atoms with Gasteiger partial charge in [0.1, 0.15) is 22.7 Å². The summed E-state index contributed by atoms with van der Waals surface area (Å²) in [6, 6.07) is 102. The van der Waals surface area contributed by atoms with Crippen molar-refractivity contribution in [2.45, 2.75) is 235 Å². The summed E-state index contributed by atoms with van der Waals surface area (Å²) in [5.74, 6) is 7.07. The van der Waals surface area contributed by atoms with Crippen molar-refractivity contribution >= 4 is 44.1 Å². The van der Waals surface area contributed by atoms with E-state index in [0.717, 1.165) is 50.4 Å². The monoisotopic (exact) mass is 1950 g/mol. The van der Waals surface area contributed by atoms with Gasteiger partial charge in [-0.05, 0) is 246 Å². The van der Waals surface area contributed by atoms with Gasteiger partial charge in [0.05, 0.1) is 73.2 Å². The molecule has 8 heterocycles. The van der Waals surface area contributed by atoms with Gasteiger partial charge in [-0.2, -0.15) is 18.3 Å². The molecule has 25 rings (SSSR count). The summed E-state index contributed by atoms with van der Waals surface area (Å²) in [4.78, 5) is 19.3. The molecular formula is C136H142N12+4. The average molecular weight is 1950 g/mol. The fourth-order valence-electron chi connectivity index (χ4n) is 26.2. The predicted octanol–water partition coefficient (Wildman–Crippen LogP) is 31.8. The molecule has 12 aromatic carbocycles. The molecule has 1 unspecified atom stereocenters. The molecule has 12 heteroatoms. The third kappa shape index (κ3) is 15.3. The molecule has 742 valence electrons. The normalized spacial score (nSPS) is 15.4. The van der Waals surface area contributed by atoms with Crippen LogP contribution in [-0.2, 0) is 49.9 Å². The lowest BCUT2D eigenvalue weighted by Gasteiger charge is -2.26. The summed E-state index contributed by atoms with van der Waals surface area (Å²) in [6.07, 6.45) is 12.5. The summed E-state index contributed by atoms with van der Waals surface area (Å²) in [6.45, 7) is 45.3. The molecule has 12 nitrogen and oxygen atoms in total. The molecule has 20 aromatic rings. The number of pyridine rings is 4. The number of fused-ring (bicyclic) bond motifs is 18. The van der Waals surface area contributed by atoms with Crippen molar-refractivity contribution in [1.29, 1.82) is 0 Å². The SMILES string of the molecule is Cc1cc2c(cc1-c1n(-c3c(C(C)C)cccc3C(C)C)c3ccccc3[n+]1C)C(C)(C)c1ncccc1-2.Cc1cc2c(cc1-c1n(-c3c(C(C)C)cccc3C(C)C)c3ccccc3[n+]1C)C1(CCCC1)c1ncccc1-2.Cc1ccc2c(c1-c1n(-c3ccccc3)c3ccccc3[n+]1C)C(C)(C)c1ncccc1-2.[2H]C([2H])([2H])C1(C)c2cc(C)c(-c3n(-c4c(C(C)C)cccc4C(C)C)c4ccccc4[n+]3C)cc2-c2cccnc21. The molecular weight excluding hydrogens is 1800 g/mol. The Kier molecular flexibility index (Phi) is 23.7. The van der Waals surface area contributed by atoms with Gasteiger partial charge in [0, 0.05) is 106 Å². The molecule has 0 saturated heterocycles. The highest BCUT2D eigenvalue weighted by atomic mass is 15.2. The first kappa shape index (κ1) is 94.1. The Labute approximate surface area is 879 Å². The first-order valence-electron chi connectivity index (χ1n) is 55.2. The molecule has 5 aliphatic carbocycles. The smallest absolute Gasteiger partial charge is 0.260 e. The zero-order valence-electron chi connectivity index (χ0n) is 94.0. The molecule has 0 radical (unpaired) electrons. The molecule has 1 spiro atoms. The van der Waals surface area contributed by atoms with E-state index in [1.54, 1.807) is 6.20 Å². The molecule has 1 atom stereocenters. The maximum absolute atomic E-state index is 8.54. The number of aryl methyl sites for hydroxylation is 8. The van der Waals surface area contributed by atoms with Crippen LogP contribution in [-0.4, -0.2) is 38.2 Å².